The summed E-state index contributed by atoms with van der Waals surface area (Å²) in [7, 11) is 0. The van der Waals surface area contributed by atoms with E-state index in [1.165, 1.54) is 5.56 Å². The summed E-state index contributed by atoms with van der Waals surface area (Å²) in [5, 5.41) is 10.9. The van der Waals surface area contributed by atoms with Crippen molar-refractivity contribution in [2.24, 2.45) is 5.92 Å². The van der Waals surface area contributed by atoms with Gasteiger partial charge in [-0.15, -0.1) is 0 Å². The smallest absolute Gasteiger partial charge is 0.410 e. The van der Waals surface area contributed by atoms with E-state index in [4.69, 9.17) is 4.74 Å². The van der Waals surface area contributed by atoms with E-state index in [-0.39, 0.29) is 12.1 Å². The molecule has 0 aliphatic carbocycles. The Kier molecular flexibility index (Phi) is 7.07. The van der Waals surface area contributed by atoms with E-state index in [0.29, 0.717) is 19.0 Å². The van der Waals surface area contributed by atoms with E-state index < -0.39 is 11.7 Å². The molecular weight excluding hydrogens is 328 g/mol. The predicted molar refractivity (Wildman–Crippen MR) is 104 cm³/mol. The normalized spacial score (nSPS) is 22.3. The Morgan fingerprint density at radius 1 is 1.23 bits per heavy atom. The highest BCUT2D eigenvalue weighted by Crippen LogP contribution is 2.22. The van der Waals surface area contributed by atoms with Gasteiger partial charge in [0.15, 0.2) is 0 Å². The number of aliphatic hydroxyl groups excluding tert-OH is 1. The minimum absolute atomic E-state index is 0.217. The Balaban J connectivity index is 2.14. The average molecular weight is 363 g/mol. The van der Waals surface area contributed by atoms with Crippen LogP contribution < -0.4 is 0 Å². The Bertz CT molecular complexity index is 568. The van der Waals surface area contributed by atoms with Gasteiger partial charge in [-0.05, 0) is 38.7 Å². The molecule has 1 N–H and O–H groups in total. The number of aliphatic hydroxyl groups is 1. The highest BCUT2D eigenvalue weighted by Gasteiger charge is 2.36. The number of β-amino-alcohol motifs (C(OH)–C–C–N with tert-alkyl or cyclic N) is 1. The zero-order valence-corrected chi connectivity index (χ0v) is 16.8. The molecule has 0 spiro atoms. The van der Waals surface area contributed by atoms with E-state index in [2.05, 4.69) is 30.9 Å². The molecule has 1 aromatic carbocycles. The maximum absolute atomic E-state index is 12.7. The number of ether oxygens (including phenoxy) is 1. The number of benzene rings is 1. The van der Waals surface area contributed by atoms with Crippen LogP contribution in [0.5, 0.6) is 0 Å². The molecule has 1 fully saturated rings. The van der Waals surface area contributed by atoms with Gasteiger partial charge in [0.2, 0.25) is 0 Å². The van der Waals surface area contributed by atoms with E-state index >= 15 is 0 Å². The summed E-state index contributed by atoms with van der Waals surface area (Å²) in [6.45, 7) is 12.5. The third-order valence-corrected chi connectivity index (χ3v) is 4.54. The standard InChI is InChI=1S/C21H34N2O3/c1-16(2)13-18-19(24)15-22(14-17-9-7-6-8-10-17)11-12-23(18)20(25)26-21(3,4)5/h6-10,16,18-19,24H,11-15H2,1-5H3/t18-,19+/m0/s1. The SMILES string of the molecule is CC(C)C[C@H]1[C@H](O)CN(Cc2ccccc2)CCN1C(=O)OC(C)(C)C. The summed E-state index contributed by atoms with van der Waals surface area (Å²) in [4.78, 5) is 16.7. The summed E-state index contributed by atoms with van der Waals surface area (Å²) in [5.41, 5.74) is 0.673. The van der Waals surface area contributed by atoms with Gasteiger partial charge in [0.1, 0.15) is 5.60 Å². The van der Waals surface area contributed by atoms with Crippen molar-refractivity contribution in [3.05, 3.63) is 35.9 Å². The topological polar surface area (TPSA) is 53.0 Å². The molecule has 146 valence electrons. The molecule has 2 rings (SSSR count). The van der Waals surface area contributed by atoms with Crippen molar-refractivity contribution < 1.29 is 14.6 Å². The molecule has 1 aliphatic heterocycles. The van der Waals surface area contributed by atoms with Crippen LogP contribution in [-0.4, -0.2) is 58.4 Å². The molecule has 1 heterocycles. The molecule has 1 aliphatic rings. The van der Waals surface area contributed by atoms with Crippen LogP contribution in [-0.2, 0) is 11.3 Å². The van der Waals surface area contributed by atoms with E-state index in [1.807, 2.05) is 39.0 Å². The Labute approximate surface area is 157 Å². The van der Waals surface area contributed by atoms with Gasteiger partial charge in [-0.1, -0.05) is 44.2 Å². The summed E-state index contributed by atoms with van der Waals surface area (Å²) < 4.78 is 5.60. The van der Waals surface area contributed by atoms with E-state index in [1.54, 1.807) is 4.90 Å². The van der Waals surface area contributed by atoms with Crippen molar-refractivity contribution >= 4 is 6.09 Å². The largest absolute Gasteiger partial charge is 0.444 e. The first kappa shape index (κ1) is 20.7. The molecule has 1 saturated heterocycles. The zero-order chi connectivity index (χ0) is 19.3. The van der Waals surface area contributed by atoms with Gasteiger partial charge in [-0.3, -0.25) is 4.90 Å². The molecule has 0 bridgehead atoms. The third-order valence-electron chi connectivity index (χ3n) is 4.54. The lowest BCUT2D eigenvalue weighted by molar-refractivity contribution is -0.00437. The van der Waals surface area contributed by atoms with E-state index in [0.717, 1.165) is 19.5 Å². The first-order valence-corrected chi connectivity index (χ1v) is 9.59. The molecule has 0 radical (unpaired) electrons. The van der Waals surface area contributed by atoms with Gasteiger partial charge in [-0.2, -0.15) is 0 Å². The molecule has 0 unspecified atom stereocenters. The molecule has 5 nitrogen and oxygen atoms in total. The van der Waals surface area contributed by atoms with Crippen molar-refractivity contribution in [3.8, 4) is 0 Å². The third kappa shape index (κ3) is 6.29. The molecular formula is C21H34N2O3. The fourth-order valence-electron chi connectivity index (χ4n) is 3.40. The van der Waals surface area contributed by atoms with Gasteiger partial charge in [0, 0.05) is 26.2 Å². The maximum atomic E-state index is 12.7. The number of amides is 1. The Hall–Kier alpha value is -1.59. The van der Waals surface area contributed by atoms with Crippen molar-refractivity contribution in [2.75, 3.05) is 19.6 Å². The van der Waals surface area contributed by atoms with Gasteiger partial charge in [0.05, 0.1) is 12.1 Å². The quantitative estimate of drug-likeness (QED) is 0.890. The van der Waals surface area contributed by atoms with Crippen LogP contribution in [0.4, 0.5) is 4.79 Å². The first-order chi connectivity index (χ1) is 12.2. The summed E-state index contributed by atoms with van der Waals surface area (Å²) >= 11 is 0. The van der Waals surface area contributed by atoms with Crippen LogP contribution in [0.15, 0.2) is 30.3 Å². The van der Waals surface area contributed by atoms with Crippen LogP contribution in [0.1, 0.15) is 46.6 Å². The van der Waals surface area contributed by atoms with Crippen molar-refractivity contribution in [1.29, 1.82) is 0 Å². The highest BCUT2D eigenvalue weighted by atomic mass is 16.6. The first-order valence-electron chi connectivity index (χ1n) is 9.59. The zero-order valence-electron chi connectivity index (χ0n) is 16.8. The number of nitrogens with zero attached hydrogens (tertiary/aromatic N) is 2. The monoisotopic (exact) mass is 362 g/mol. The Morgan fingerprint density at radius 2 is 1.88 bits per heavy atom. The maximum Gasteiger partial charge on any atom is 0.410 e. The molecule has 0 saturated carbocycles. The lowest BCUT2D eigenvalue weighted by atomic mass is 9.98. The van der Waals surface area contributed by atoms with Crippen LogP contribution in [0.25, 0.3) is 0 Å². The predicted octanol–water partition coefficient (Wildman–Crippen LogP) is 3.51. The fourth-order valence-corrected chi connectivity index (χ4v) is 3.40. The number of carbonyl (C=O) groups is 1. The molecule has 5 heteroatoms. The van der Waals surface area contributed by atoms with Gasteiger partial charge in [-0.25, -0.2) is 4.79 Å². The molecule has 0 aromatic heterocycles. The second-order valence-corrected chi connectivity index (χ2v) is 8.66. The van der Waals surface area contributed by atoms with Gasteiger partial charge >= 0.3 is 6.09 Å². The molecule has 26 heavy (non-hydrogen) atoms. The number of carbonyl (C=O) groups excluding carboxylic acids is 1. The van der Waals surface area contributed by atoms with Crippen LogP contribution in [0, 0.1) is 5.92 Å². The second kappa shape index (κ2) is 8.87. The van der Waals surface area contributed by atoms with E-state index in [9.17, 15) is 9.90 Å². The van der Waals surface area contributed by atoms with Crippen LogP contribution in [0.3, 0.4) is 0 Å². The minimum Gasteiger partial charge on any atom is -0.444 e. The minimum atomic E-state index is -0.587. The molecule has 1 aromatic rings. The number of hydrogen-bond donors (Lipinski definition) is 1. The summed E-state index contributed by atoms with van der Waals surface area (Å²) in [6.07, 6.45) is -0.153. The average Bonchev–Trinajstić information content (AvgIpc) is 2.66. The number of rotatable bonds is 4. The van der Waals surface area contributed by atoms with Crippen molar-refractivity contribution in [1.82, 2.24) is 9.80 Å². The highest BCUT2D eigenvalue weighted by molar-refractivity contribution is 5.68. The molecule has 2 atom stereocenters. The Morgan fingerprint density at radius 3 is 2.46 bits per heavy atom. The summed E-state index contributed by atoms with van der Waals surface area (Å²) in [6, 6.07) is 10.0. The fraction of sp³-hybridized carbons (Fsp3) is 0.667. The number of hydrogen-bond acceptors (Lipinski definition) is 4. The second-order valence-electron chi connectivity index (χ2n) is 8.66. The van der Waals surface area contributed by atoms with Crippen LogP contribution in [0.2, 0.25) is 0 Å². The van der Waals surface area contributed by atoms with Gasteiger partial charge in [0.25, 0.3) is 0 Å². The molecule has 1 amide bonds. The van der Waals surface area contributed by atoms with Gasteiger partial charge < -0.3 is 14.7 Å². The lowest BCUT2D eigenvalue weighted by Crippen LogP contribution is -2.49. The van der Waals surface area contributed by atoms with Crippen LogP contribution >= 0.6 is 0 Å². The summed E-state index contributed by atoms with van der Waals surface area (Å²) in [5.74, 6) is 0.389. The van der Waals surface area contributed by atoms with Crippen molar-refractivity contribution in [3.63, 3.8) is 0 Å². The lowest BCUT2D eigenvalue weighted by Gasteiger charge is -2.34. The van der Waals surface area contributed by atoms with Crippen molar-refractivity contribution in [2.45, 2.75) is 65.3 Å².